The van der Waals surface area contributed by atoms with E-state index < -0.39 is 0 Å². The van der Waals surface area contributed by atoms with Crippen molar-refractivity contribution in [3.8, 4) is 0 Å². The average Bonchev–Trinajstić information content (AvgIpc) is 2.63. The summed E-state index contributed by atoms with van der Waals surface area (Å²) in [7, 11) is 0. The molecule has 1 aliphatic heterocycles. The molecule has 1 aliphatic rings. The zero-order chi connectivity index (χ0) is 16.9. The fourth-order valence-corrected chi connectivity index (χ4v) is 3.01. The van der Waals surface area contributed by atoms with Crippen LogP contribution in [0, 0.1) is 6.92 Å². The van der Waals surface area contributed by atoms with E-state index in [2.05, 4.69) is 51.3 Å². The SMILES string of the molecule is CCNC(=O)c1cccnc1N1CCN(c2ccc(C)cc2)CC1. The summed E-state index contributed by atoms with van der Waals surface area (Å²) in [5.74, 6) is 0.730. The largest absolute Gasteiger partial charge is 0.368 e. The number of carbonyl (C=O) groups excluding carboxylic acids is 1. The first-order valence-corrected chi connectivity index (χ1v) is 8.49. The molecule has 0 saturated carbocycles. The predicted octanol–water partition coefficient (Wildman–Crippen LogP) is 2.47. The molecule has 24 heavy (non-hydrogen) atoms. The van der Waals surface area contributed by atoms with E-state index in [0.29, 0.717) is 12.1 Å². The van der Waals surface area contributed by atoms with Crippen LogP contribution < -0.4 is 15.1 Å². The third kappa shape index (κ3) is 3.50. The van der Waals surface area contributed by atoms with Crippen molar-refractivity contribution < 1.29 is 4.79 Å². The first-order chi connectivity index (χ1) is 11.7. The number of anilines is 2. The monoisotopic (exact) mass is 324 g/mol. The number of rotatable bonds is 4. The van der Waals surface area contributed by atoms with Gasteiger partial charge in [0.25, 0.3) is 5.91 Å². The zero-order valence-corrected chi connectivity index (χ0v) is 14.3. The van der Waals surface area contributed by atoms with E-state index in [-0.39, 0.29) is 5.91 Å². The number of aromatic nitrogens is 1. The number of hydrogen-bond donors (Lipinski definition) is 1. The highest BCUT2D eigenvalue weighted by atomic mass is 16.1. The van der Waals surface area contributed by atoms with Gasteiger partial charge in [-0.15, -0.1) is 0 Å². The first kappa shape index (κ1) is 16.3. The Labute approximate surface area is 143 Å². The molecule has 5 heteroatoms. The predicted molar refractivity (Wildman–Crippen MR) is 97.8 cm³/mol. The molecule has 2 aromatic rings. The van der Waals surface area contributed by atoms with Gasteiger partial charge in [-0.25, -0.2) is 4.98 Å². The second-order valence-electron chi connectivity index (χ2n) is 6.04. The van der Waals surface area contributed by atoms with Crippen molar-refractivity contribution in [1.29, 1.82) is 0 Å². The number of nitrogens with zero attached hydrogens (tertiary/aromatic N) is 3. The van der Waals surface area contributed by atoms with Gasteiger partial charge in [0.1, 0.15) is 5.82 Å². The summed E-state index contributed by atoms with van der Waals surface area (Å²) < 4.78 is 0. The zero-order valence-electron chi connectivity index (χ0n) is 14.3. The molecule has 1 aromatic heterocycles. The first-order valence-electron chi connectivity index (χ1n) is 8.49. The van der Waals surface area contributed by atoms with Crippen LogP contribution in [0.2, 0.25) is 0 Å². The third-order valence-corrected chi connectivity index (χ3v) is 4.35. The molecule has 3 rings (SSSR count). The standard InChI is InChI=1S/C19H24N4O/c1-3-20-19(24)17-5-4-10-21-18(17)23-13-11-22(12-14-23)16-8-6-15(2)7-9-16/h4-10H,3,11-14H2,1-2H3,(H,20,24). The van der Waals surface area contributed by atoms with Crippen molar-refractivity contribution in [3.63, 3.8) is 0 Å². The number of pyridine rings is 1. The topological polar surface area (TPSA) is 48.5 Å². The van der Waals surface area contributed by atoms with Gasteiger partial charge >= 0.3 is 0 Å². The van der Waals surface area contributed by atoms with E-state index >= 15 is 0 Å². The Hall–Kier alpha value is -2.56. The minimum Gasteiger partial charge on any atom is -0.368 e. The summed E-state index contributed by atoms with van der Waals surface area (Å²) in [4.78, 5) is 21.3. The Kier molecular flexibility index (Phi) is 4.99. The van der Waals surface area contributed by atoms with Crippen molar-refractivity contribution in [2.75, 3.05) is 42.5 Å². The summed E-state index contributed by atoms with van der Waals surface area (Å²) in [5.41, 5.74) is 3.19. The molecule has 1 N–H and O–H groups in total. The highest BCUT2D eigenvalue weighted by Gasteiger charge is 2.22. The molecule has 2 heterocycles. The van der Waals surface area contributed by atoms with E-state index in [1.54, 1.807) is 6.20 Å². The lowest BCUT2D eigenvalue weighted by atomic mass is 10.1. The van der Waals surface area contributed by atoms with Gasteiger partial charge in [-0.1, -0.05) is 17.7 Å². The minimum absolute atomic E-state index is 0.0541. The Morgan fingerprint density at radius 2 is 1.75 bits per heavy atom. The van der Waals surface area contributed by atoms with Gasteiger partial charge in [0.05, 0.1) is 5.56 Å². The molecule has 1 fully saturated rings. The van der Waals surface area contributed by atoms with Crippen molar-refractivity contribution in [2.45, 2.75) is 13.8 Å². The lowest BCUT2D eigenvalue weighted by Gasteiger charge is -2.37. The van der Waals surface area contributed by atoms with Gasteiger partial charge in [-0.3, -0.25) is 4.79 Å². The van der Waals surface area contributed by atoms with Gasteiger partial charge in [0, 0.05) is 44.6 Å². The van der Waals surface area contributed by atoms with Gasteiger partial charge in [0.2, 0.25) is 0 Å². The number of benzene rings is 1. The highest BCUT2D eigenvalue weighted by Crippen LogP contribution is 2.22. The number of hydrogen-bond acceptors (Lipinski definition) is 4. The molecule has 0 atom stereocenters. The van der Waals surface area contributed by atoms with E-state index in [0.717, 1.165) is 32.0 Å². The average molecular weight is 324 g/mol. The van der Waals surface area contributed by atoms with Crippen LogP contribution in [0.3, 0.4) is 0 Å². The fraction of sp³-hybridized carbons (Fsp3) is 0.368. The molecular formula is C19H24N4O. The van der Waals surface area contributed by atoms with Crippen LogP contribution in [0.25, 0.3) is 0 Å². The number of amides is 1. The van der Waals surface area contributed by atoms with Crippen molar-refractivity contribution in [2.24, 2.45) is 0 Å². The fourth-order valence-electron chi connectivity index (χ4n) is 3.01. The van der Waals surface area contributed by atoms with Crippen molar-refractivity contribution >= 4 is 17.4 Å². The lowest BCUT2D eigenvalue weighted by Crippen LogP contribution is -2.47. The molecule has 0 unspecified atom stereocenters. The van der Waals surface area contributed by atoms with E-state index in [1.165, 1.54) is 11.3 Å². The number of aryl methyl sites for hydroxylation is 1. The molecular weight excluding hydrogens is 300 g/mol. The molecule has 1 aromatic carbocycles. The van der Waals surface area contributed by atoms with E-state index in [9.17, 15) is 4.79 Å². The smallest absolute Gasteiger partial charge is 0.255 e. The van der Waals surface area contributed by atoms with Crippen LogP contribution in [0.15, 0.2) is 42.6 Å². The molecule has 0 bridgehead atoms. The third-order valence-electron chi connectivity index (χ3n) is 4.35. The van der Waals surface area contributed by atoms with Crippen molar-refractivity contribution in [1.82, 2.24) is 10.3 Å². The van der Waals surface area contributed by atoms with Gasteiger partial charge in [-0.2, -0.15) is 0 Å². The quantitative estimate of drug-likeness (QED) is 0.938. The molecule has 0 radical (unpaired) electrons. The van der Waals surface area contributed by atoms with E-state index in [4.69, 9.17) is 0 Å². The highest BCUT2D eigenvalue weighted by molar-refractivity contribution is 5.98. The summed E-state index contributed by atoms with van der Waals surface area (Å²) in [6.45, 7) is 8.21. The lowest BCUT2D eigenvalue weighted by molar-refractivity contribution is 0.0956. The van der Waals surface area contributed by atoms with Crippen LogP contribution in [-0.4, -0.2) is 43.6 Å². The summed E-state index contributed by atoms with van der Waals surface area (Å²) in [6, 6.07) is 12.3. The Morgan fingerprint density at radius 3 is 2.42 bits per heavy atom. The molecule has 126 valence electrons. The Morgan fingerprint density at radius 1 is 1.08 bits per heavy atom. The summed E-state index contributed by atoms with van der Waals surface area (Å²) >= 11 is 0. The second kappa shape index (κ2) is 7.34. The van der Waals surface area contributed by atoms with Gasteiger partial charge in [-0.05, 0) is 38.1 Å². The second-order valence-corrected chi connectivity index (χ2v) is 6.04. The van der Waals surface area contributed by atoms with Crippen LogP contribution in [0.1, 0.15) is 22.8 Å². The molecule has 1 saturated heterocycles. The van der Waals surface area contributed by atoms with Crippen molar-refractivity contribution in [3.05, 3.63) is 53.7 Å². The minimum atomic E-state index is -0.0541. The van der Waals surface area contributed by atoms with Crippen LogP contribution in [-0.2, 0) is 0 Å². The molecule has 0 aliphatic carbocycles. The maximum atomic E-state index is 12.2. The Balaban J connectivity index is 1.71. The number of carbonyl (C=O) groups is 1. The van der Waals surface area contributed by atoms with Crippen LogP contribution >= 0.6 is 0 Å². The van der Waals surface area contributed by atoms with Gasteiger partial charge in [0.15, 0.2) is 0 Å². The number of nitrogens with one attached hydrogen (secondary N) is 1. The van der Waals surface area contributed by atoms with Crippen LogP contribution in [0.5, 0.6) is 0 Å². The Bertz CT molecular complexity index is 691. The maximum absolute atomic E-state index is 12.2. The summed E-state index contributed by atoms with van der Waals surface area (Å²) in [5, 5.41) is 2.87. The summed E-state index contributed by atoms with van der Waals surface area (Å²) in [6.07, 6.45) is 1.75. The van der Waals surface area contributed by atoms with E-state index in [1.807, 2.05) is 19.1 Å². The maximum Gasteiger partial charge on any atom is 0.255 e. The molecule has 5 nitrogen and oxygen atoms in total. The molecule has 1 amide bonds. The number of piperazine rings is 1. The van der Waals surface area contributed by atoms with Gasteiger partial charge < -0.3 is 15.1 Å². The normalized spacial score (nSPS) is 14.6. The van der Waals surface area contributed by atoms with Crippen LogP contribution in [0.4, 0.5) is 11.5 Å². The molecule has 0 spiro atoms.